The van der Waals surface area contributed by atoms with Crippen LogP contribution in [0.25, 0.3) is 11.0 Å². The molecule has 15 heavy (non-hydrogen) atoms. The Hall–Kier alpha value is -2.35. The lowest BCUT2D eigenvalue weighted by molar-refractivity contribution is 0.0697. The summed E-state index contributed by atoms with van der Waals surface area (Å²) in [5.74, 6) is -0.985. The number of fused-ring (bicyclic) bond motifs is 1. The molecule has 2 aromatic rings. The Kier molecular flexibility index (Phi) is 2.10. The molecule has 0 aliphatic heterocycles. The second-order valence-corrected chi connectivity index (χ2v) is 3.04. The van der Waals surface area contributed by atoms with E-state index in [2.05, 4.69) is 4.98 Å². The number of carboxylic acid groups (broad SMARTS) is 1. The van der Waals surface area contributed by atoms with Crippen LogP contribution in [0.3, 0.4) is 0 Å². The van der Waals surface area contributed by atoms with E-state index in [0.29, 0.717) is 11.0 Å². The van der Waals surface area contributed by atoms with Crippen LogP contribution >= 0.6 is 0 Å². The molecule has 0 saturated heterocycles. The van der Waals surface area contributed by atoms with Gasteiger partial charge in [0.15, 0.2) is 0 Å². The molecule has 2 rings (SSSR count). The molecule has 0 aliphatic carbocycles. The van der Waals surface area contributed by atoms with E-state index in [4.69, 9.17) is 10.4 Å². The van der Waals surface area contributed by atoms with E-state index in [0.717, 1.165) is 0 Å². The number of nitrogens with zero attached hydrogens (tertiary/aromatic N) is 3. The van der Waals surface area contributed by atoms with Gasteiger partial charge in [0.25, 0.3) is 0 Å². The van der Waals surface area contributed by atoms with Crippen molar-refractivity contribution < 1.29 is 9.90 Å². The average molecular weight is 201 g/mol. The minimum atomic E-state index is -0.985. The molecule has 1 aromatic heterocycles. The van der Waals surface area contributed by atoms with Crippen molar-refractivity contribution in [3.05, 3.63) is 30.1 Å². The van der Waals surface area contributed by atoms with E-state index in [1.165, 1.54) is 18.5 Å². The van der Waals surface area contributed by atoms with E-state index >= 15 is 0 Å². The predicted octanol–water partition coefficient (Wildman–Crippen LogP) is 1.26. The Balaban J connectivity index is 2.62. The van der Waals surface area contributed by atoms with Crippen LogP contribution < -0.4 is 0 Å². The highest BCUT2D eigenvalue weighted by atomic mass is 16.4. The van der Waals surface area contributed by atoms with Gasteiger partial charge < -0.3 is 9.67 Å². The summed E-state index contributed by atoms with van der Waals surface area (Å²) in [5.41, 5.74) is 1.55. The zero-order valence-electron chi connectivity index (χ0n) is 7.71. The summed E-state index contributed by atoms with van der Waals surface area (Å²) < 4.78 is 1.61. The third-order valence-corrected chi connectivity index (χ3v) is 2.11. The summed E-state index contributed by atoms with van der Waals surface area (Å²) in [4.78, 5) is 14.8. The van der Waals surface area contributed by atoms with Gasteiger partial charge in [-0.3, -0.25) is 0 Å². The molecule has 0 fully saturated rings. The van der Waals surface area contributed by atoms with E-state index < -0.39 is 5.97 Å². The summed E-state index contributed by atoms with van der Waals surface area (Å²) in [7, 11) is 0. The first kappa shape index (κ1) is 9.21. The molecule has 0 unspecified atom stereocenters. The Labute approximate surface area is 85.2 Å². The molecule has 5 nitrogen and oxygen atoms in total. The number of rotatable bonds is 2. The van der Waals surface area contributed by atoms with Gasteiger partial charge in [-0.2, -0.15) is 5.26 Å². The van der Waals surface area contributed by atoms with Crippen molar-refractivity contribution in [2.45, 2.75) is 6.54 Å². The number of hydrogen-bond donors (Lipinski definition) is 1. The Morgan fingerprint density at radius 1 is 1.60 bits per heavy atom. The third-order valence-electron chi connectivity index (χ3n) is 2.11. The van der Waals surface area contributed by atoms with Crippen LogP contribution in [0.4, 0.5) is 0 Å². The number of aromatic nitrogens is 2. The zero-order valence-corrected chi connectivity index (χ0v) is 7.71. The summed E-state index contributed by atoms with van der Waals surface area (Å²) >= 11 is 0. The highest BCUT2D eigenvalue weighted by Crippen LogP contribution is 2.14. The molecule has 1 heterocycles. The van der Waals surface area contributed by atoms with Crippen molar-refractivity contribution in [2.24, 2.45) is 0 Å². The quantitative estimate of drug-likeness (QED) is 0.793. The summed E-state index contributed by atoms with van der Waals surface area (Å²) in [6, 6.07) is 6.63. The lowest BCUT2D eigenvalue weighted by Gasteiger charge is -1.98. The number of hydrogen-bond acceptors (Lipinski definition) is 3. The molecule has 0 bridgehead atoms. The molecule has 0 saturated carbocycles. The molecule has 5 heteroatoms. The van der Waals surface area contributed by atoms with Crippen LogP contribution in [0.1, 0.15) is 10.4 Å². The zero-order chi connectivity index (χ0) is 10.8. The van der Waals surface area contributed by atoms with Crippen molar-refractivity contribution in [3.8, 4) is 6.07 Å². The monoisotopic (exact) mass is 201 g/mol. The molecule has 1 aromatic carbocycles. The van der Waals surface area contributed by atoms with Gasteiger partial charge in [0.2, 0.25) is 0 Å². The van der Waals surface area contributed by atoms with Gasteiger partial charge in [0, 0.05) is 0 Å². The Morgan fingerprint density at radius 2 is 2.40 bits per heavy atom. The largest absolute Gasteiger partial charge is 0.478 e. The lowest BCUT2D eigenvalue weighted by atomic mass is 10.2. The van der Waals surface area contributed by atoms with Crippen molar-refractivity contribution in [1.82, 2.24) is 9.55 Å². The number of nitriles is 1. The molecular formula is C10H7N3O2. The summed E-state index contributed by atoms with van der Waals surface area (Å²) in [6.07, 6.45) is 1.53. The topological polar surface area (TPSA) is 78.9 Å². The van der Waals surface area contributed by atoms with E-state index in [1.54, 1.807) is 10.6 Å². The first-order valence-corrected chi connectivity index (χ1v) is 4.27. The first-order chi connectivity index (χ1) is 7.22. The molecular weight excluding hydrogens is 194 g/mol. The second kappa shape index (κ2) is 3.42. The van der Waals surface area contributed by atoms with Crippen LogP contribution in [0.15, 0.2) is 24.5 Å². The predicted molar refractivity (Wildman–Crippen MR) is 52.3 cm³/mol. The van der Waals surface area contributed by atoms with Gasteiger partial charge in [-0.25, -0.2) is 9.78 Å². The van der Waals surface area contributed by atoms with Gasteiger partial charge in [0.1, 0.15) is 6.54 Å². The summed E-state index contributed by atoms with van der Waals surface area (Å²) in [6.45, 7) is 0.166. The van der Waals surface area contributed by atoms with E-state index in [1.807, 2.05) is 6.07 Å². The van der Waals surface area contributed by atoms with Gasteiger partial charge >= 0.3 is 5.97 Å². The van der Waals surface area contributed by atoms with Crippen molar-refractivity contribution in [2.75, 3.05) is 0 Å². The lowest BCUT2D eigenvalue weighted by Crippen LogP contribution is -1.97. The highest BCUT2D eigenvalue weighted by molar-refractivity contribution is 5.92. The highest BCUT2D eigenvalue weighted by Gasteiger charge is 2.07. The maximum atomic E-state index is 10.7. The number of imidazole rings is 1. The fourth-order valence-electron chi connectivity index (χ4n) is 1.39. The summed E-state index contributed by atoms with van der Waals surface area (Å²) in [5, 5.41) is 17.4. The van der Waals surface area contributed by atoms with Crippen molar-refractivity contribution in [3.63, 3.8) is 0 Å². The normalized spacial score (nSPS) is 10.1. The SMILES string of the molecule is N#CCn1cnc2ccc(C(=O)O)cc21. The average Bonchev–Trinajstić information content (AvgIpc) is 2.61. The number of carbonyl (C=O) groups is 1. The molecule has 0 radical (unpaired) electrons. The fraction of sp³-hybridized carbons (Fsp3) is 0.100. The number of benzene rings is 1. The van der Waals surface area contributed by atoms with Crippen LogP contribution in [0, 0.1) is 11.3 Å². The molecule has 0 atom stereocenters. The van der Waals surface area contributed by atoms with Crippen LogP contribution in [0.5, 0.6) is 0 Å². The van der Waals surface area contributed by atoms with Gasteiger partial charge in [-0.15, -0.1) is 0 Å². The maximum absolute atomic E-state index is 10.7. The van der Waals surface area contributed by atoms with Gasteiger partial charge in [-0.1, -0.05) is 0 Å². The standard InChI is InChI=1S/C10H7N3O2/c11-3-4-13-6-12-8-2-1-7(10(14)15)5-9(8)13/h1-2,5-6H,4H2,(H,14,15). The van der Waals surface area contributed by atoms with Crippen molar-refractivity contribution >= 4 is 17.0 Å². The second-order valence-electron chi connectivity index (χ2n) is 3.04. The Bertz CT molecular complexity index is 566. The van der Waals surface area contributed by atoms with E-state index in [9.17, 15) is 4.79 Å². The molecule has 74 valence electrons. The third kappa shape index (κ3) is 1.53. The smallest absolute Gasteiger partial charge is 0.335 e. The molecule has 1 N–H and O–H groups in total. The maximum Gasteiger partial charge on any atom is 0.335 e. The molecule has 0 spiro atoms. The number of aromatic carboxylic acids is 1. The van der Waals surface area contributed by atoms with Crippen LogP contribution in [-0.4, -0.2) is 20.6 Å². The molecule has 0 amide bonds. The Morgan fingerprint density at radius 3 is 3.07 bits per heavy atom. The van der Waals surface area contributed by atoms with E-state index in [-0.39, 0.29) is 12.1 Å². The van der Waals surface area contributed by atoms with Gasteiger partial charge in [0.05, 0.1) is 29.0 Å². The van der Waals surface area contributed by atoms with Crippen molar-refractivity contribution in [1.29, 1.82) is 5.26 Å². The minimum Gasteiger partial charge on any atom is -0.478 e. The minimum absolute atomic E-state index is 0.166. The van der Waals surface area contributed by atoms with Crippen LogP contribution in [0.2, 0.25) is 0 Å². The first-order valence-electron chi connectivity index (χ1n) is 4.27. The number of carboxylic acids is 1. The van der Waals surface area contributed by atoms with Gasteiger partial charge in [-0.05, 0) is 18.2 Å². The molecule has 0 aliphatic rings. The fourth-order valence-corrected chi connectivity index (χ4v) is 1.39. The van der Waals surface area contributed by atoms with Crippen LogP contribution in [-0.2, 0) is 6.54 Å².